The molecule has 1 saturated carbocycles. The number of hydrogen-bond acceptors (Lipinski definition) is 3. The number of methoxy groups -OCH3 is 1. The Hall–Kier alpha value is -1.90. The first-order valence-electron chi connectivity index (χ1n) is 5.99. The van der Waals surface area contributed by atoms with Gasteiger partial charge in [0.1, 0.15) is 0 Å². The normalized spacial score (nSPS) is 22.8. The van der Waals surface area contributed by atoms with Gasteiger partial charge in [-0.3, -0.25) is 9.59 Å². The molecule has 1 aliphatic carbocycles. The SMILES string of the molecule is C=C1CCC[C@]1(C(=O)OC)C(=O)c1ccccc1. The van der Waals surface area contributed by atoms with Crippen LogP contribution < -0.4 is 0 Å². The van der Waals surface area contributed by atoms with Gasteiger partial charge in [-0.2, -0.15) is 0 Å². The lowest BCUT2D eigenvalue weighted by Gasteiger charge is -2.25. The predicted molar refractivity (Wildman–Crippen MR) is 68.2 cm³/mol. The fourth-order valence-electron chi connectivity index (χ4n) is 2.58. The lowest BCUT2D eigenvalue weighted by atomic mass is 9.76. The summed E-state index contributed by atoms with van der Waals surface area (Å²) in [6.45, 7) is 3.90. The first-order valence-corrected chi connectivity index (χ1v) is 5.99. The average Bonchev–Trinajstić information content (AvgIpc) is 2.81. The Morgan fingerprint density at radius 1 is 1.28 bits per heavy atom. The monoisotopic (exact) mass is 244 g/mol. The molecule has 0 unspecified atom stereocenters. The fraction of sp³-hybridized carbons (Fsp3) is 0.333. The Labute approximate surface area is 106 Å². The molecule has 2 rings (SSSR count). The predicted octanol–water partition coefficient (Wildman–Crippen LogP) is 2.77. The van der Waals surface area contributed by atoms with Gasteiger partial charge in [0, 0.05) is 5.56 Å². The highest BCUT2D eigenvalue weighted by molar-refractivity contribution is 6.15. The van der Waals surface area contributed by atoms with E-state index < -0.39 is 11.4 Å². The maximum absolute atomic E-state index is 12.6. The van der Waals surface area contributed by atoms with E-state index in [-0.39, 0.29) is 5.78 Å². The minimum atomic E-state index is -1.17. The smallest absolute Gasteiger partial charge is 0.323 e. The molecule has 0 aromatic heterocycles. The maximum Gasteiger partial charge on any atom is 0.323 e. The second-order valence-corrected chi connectivity index (χ2v) is 4.55. The molecule has 94 valence electrons. The molecular weight excluding hydrogens is 228 g/mol. The van der Waals surface area contributed by atoms with Gasteiger partial charge in [0.2, 0.25) is 0 Å². The first-order chi connectivity index (χ1) is 8.63. The fourth-order valence-corrected chi connectivity index (χ4v) is 2.58. The molecule has 1 aliphatic rings. The van der Waals surface area contributed by atoms with Crippen LogP contribution >= 0.6 is 0 Å². The molecule has 1 aromatic carbocycles. The van der Waals surface area contributed by atoms with E-state index in [9.17, 15) is 9.59 Å². The number of carbonyl (C=O) groups is 2. The summed E-state index contributed by atoms with van der Waals surface area (Å²) in [7, 11) is 1.31. The third kappa shape index (κ3) is 1.76. The quantitative estimate of drug-likeness (QED) is 0.355. The second kappa shape index (κ2) is 4.77. The van der Waals surface area contributed by atoms with E-state index in [1.165, 1.54) is 7.11 Å². The highest BCUT2D eigenvalue weighted by Crippen LogP contribution is 2.45. The molecular formula is C15H16O3. The van der Waals surface area contributed by atoms with Crippen LogP contribution in [0.5, 0.6) is 0 Å². The van der Waals surface area contributed by atoms with E-state index in [2.05, 4.69) is 6.58 Å². The average molecular weight is 244 g/mol. The van der Waals surface area contributed by atoms with Crippen molar-refractivity contribution in [1.82, 2.24) is 0 Å². The molecule has 1 atom stereocenters. The van der Waals surface area contributed by atoms with Crippen molar-refractivity contribution in [1.29, 1.82) is 0 Å². The van der Waals surface area contributed by atoms with Gasteiger partial charge < -0.3 is 4.74 Å². The van der Waals surface area contributed by atoms with Crippen LogP contribution in [0, 0.1) is 5.41 Å². The van der Waals surface area contributed by atoms with E-state index in [0.717, 1.165) is 6.42 Å². The molecule has 3 nitrogen and oxygen atoms in total. The molecule has 18 heavy (non-hydrogen) atoms. The Kier molecular flexibility index (Phi) is 3.32. The number of ether oxygens (including phenoxy) is 1. The molecule has 0 spiro atoms. The molecule has 0 N–H and O–H groups in total. The first kappa shape index (κ1) is 12.6. The molecule has 0 heterocycles. The van der Waals surface area contributed by atoms with Gasteiger partial charge in [0.15, 0.2) is 11.2 Å². The molecule has 0 bridgehead atoms. The summed E-state index contributed by atoms with van der Waals surface area (Å²) in [6.07, 6.45) is 1.99. The maximum atomic E-state index is 12.6. The molecule has 0 amide bonds. The van der Waals surface area contributed by atoms with Crippen LogP contribution in [0.3, 0.4) is 0 Å². The largest absolute Gasteiger partial charge is 0.468 e. The molecule has 0 aliphatic heterocycles. The van der Waals surface area contributed by atoms with Crippen molar-refractivity contribution in [3.63, 3.8) is 0 Å². The Morgan fingerprint density at radius 2 is 1.94 bits per heavy atom. The number of rotatable bonds is 3. The zero-order valence-corrected chi connectivity index (χ0v) is 10.4. The highest BCUT2D eigenvalue weighted by atomic mass is 16.5. The van der Waals surface area contributed by atoms with E-state index in [0.29, 0.717) is 24.0 Å². The van der Waals surface area contributed by atoms with Crippen molar-refractivity contribution in [3.8, 4) is 0 Å². The summed E-state index contributed by atoms with van der Waals surface area (Å²) in [4.78, 5) is 24.7. The summed E-state index contributed by atoms with van der Waals surface area (Å²) in [5, 5.41) is 0. The second-order valence-electron chi connectivity index (χ2n) is 4.55. The third-order valence-corrected chi connectivity index (χ3v) is 3.59. The van der Waals surface area contributed by atoms with Gasteiger partial charge >= 0.3 is 5.97 Å². The molecule has 1 aromatic rings. The van der Waals surface area contributed by atoms with Gasteiger partial charge in [-0.1, -0.05) is 42.5 Å². The summed E-state index contributed by atoms with van der Waals surface area (Å²) >= 11 is 0. The van der Waals surface area contributed by atoms with Crippen LogP contribution in [0.15, 0.2) is 42.5 Å². The van der Waals surface area contributed by atoms with E-state index in [1.807, 2.05) is 6.07 Å². The third-order valence-electron chi connectivity index (χ3n) is 3.59. The van der Waals surface area contributed by atoms with E-state index >= 15 is 0 Å². The number of carbonyl (C=O) groups excluding carboxylic acids is 2. The summed E-state index contributed by atoms with van der Waals surface area (Å²) in [5.41, 5.74) is 0.0324. The van der Waals surface area contributed by atoms with Crippen LogP contribution in [0.4, 0.5) is 0 Å². The van der Waals surface area contributed by atoms with E-state index in [1.54, 1.807) is 24.3 Å². The zero-order chi connectivity index (χ0) is 13.2. The summed E-state index contributed by atoms with van der Waals surface area (Å²) in [5.74, 6) is -0.684. The minimum absolute atomic E-state index is 0.197. The number of hydrogen-bond donors (Lipinski definition) is 0. The van der Waals surface area contributed by atoms with Gasteiger partial charge in [-0.25, -0.2) is 0 Å². The number of benzene rings is 1. The summed E-state index contributed by atoms with van der Waals surface area (Å²) < 4.78 is 4.83. The number of esters is 1. The number of Topliss-reactive ketones (excluding diaryl/α,β-unsaturated/α-hetero) is 1. The molecule has 3 heteroatoms. The van der Waals surface area contributed by atoms with Crippen molar-refractivity contribution in [2.24, 2.45) is 5.41 Å². The van der Waals surface area contributed by atoms with Crippen LogP contribution in [0.1, 0.15) is 29.6 Å². The van der Waals surface area contributed by atoms with Crippen LogP contribution in [0.25, 0.3) is 0 Å². The van der Waals surface area contributed by atoms with E-state index in [4.69, 9.17) is 4.74 Å². The summed E-state index contributed by atoms with van der Waals surface area (Å²) in [6, 6.07) is 8.86. The minimum Gasteiger partial charge on any atom is -0.468 e. The van der Waals surface area contributed by atoms with Crippen molar-refractivity contribution >= 4 is 11.8 Å². The van der Waals surface area contributed by atoms with Crippen molar-refractivity contribution < 1.29 is 14.3 Å². The van der Waals surface area contributed by atoms with Gasteiger partial charge in [-0.15, -0.1) is 0 Å². The zero-order valence-electron chi connectivity index (χ0n) is 10.4. The number of ketones is 1. The van der Waals surface area contributed by atoms with Gasteiger partial charge in [0.25, 0.3) is 0 Å². The Bertz CT molecular complexity index is 490. The van der Waals surface area contributed by atoms with Gasteiger partial charge in [-0.05, 0) is 19.3 Å². The topological polar surface area (TPSA) is 43.4 Å². The molecule has 1 fully saturated rings. The van der Waals surface area contributed by atoms with Crippen molar-refractivity contribution in [2.75, 3.05) is 7.11 Å². The van der Waals surface area contributed by atoms with Gasteiger partial charge in [0.05, 0.1) is 7.11 Å². The Balaban J connectivity index is 2.46. The van der Waals surface area contributed by atoms with Crippen molar-refractivity contribution in [3.05, 3.63) is 48.0 Å². The molecule has 0 saturated heterocycles. The highest BCUT2D eigenvalue weighted by Gasteiger charge is 2.51. The van der Waals surface area contributed by atoms with Crippen LogP contribution in [0.2, 0.25) is 0 Å². The lowest BCUT2D eigenvalue weighted by Crippen LogP contribution is -2.39. The van der Waals surface area contributed by atoms with Crippen LogP contribution in [-0.4, -0.2) is 18.9 Å². The molecule has 0 radical (unpaired) electrons. The Morgan fingerprint density at radius 3 is 2.44 bits per heavy atom. The van der Waals surface area contributed by atoms with Crippen LogP contribution in [-0.2, 0) is 9.53 Å². The van der Waals surface area contributed by atoms with Crippen molar-refractivity contribution in [2.45, 2.75) is 19.3 Å². The standard InChI is InChI=1S/C15H16O3/c1-11-7-6-10-15(11,14(17)18-2)13(16)12-8-4-3-5-9-12/h3-5,8-9H,1,6-7,10H2,2H3/t15-/m1/s1. The lowest BCUT2D eigenvalue weighted by molar-refractivity contribution is -0.147.